The first-order valence-electron chi connectivity index (χ1n) is 7.10. The maximum Gasteiger partial charge on any atom is 0.416 e. The molecular weight excluding hydrogens is 419 g/mol. The first-order valence-corrected chi connectivity index (χ1v) is 7.85. The standard InChI is InChI=1S/C17H9Cl2F6NO/c18-13-2-1-9(5-14(13)19)15(27)3-4-26-12-7-10(16(20,21)22)6-11(8-12)17(23,24)25/h1-8,26H. The highest BCUT2D eigenvalue weighted by atomic mass is 35.5. The second-order valence-electron chi connectivity index (χ2n) is 5.27. The Hall–Kier alpha value is -2.19. The van der Waals surface area contributed by atoms with Crippen LogP contribution in [0.25, 0.3) is 0 Å². The molecule has 0 aromatic heterocycles. The molecule has 0 spiro atoms. The minimum absolute atomic E-state index is 0.00968. The van der Waals surface area contributed by atoms with Crippen LogP contribution in [-0.2, 0) is 12.4 Å². The van der Waals surface area contributed by atoms with Gasteiger partial charge in [0.05, 0.1) is 21.2 Å². The van der Waals surface area contributed by atoms with Crippen molar-refractivity contribution in [2.45, 2.75) is 12.4 Å². The summed E-state index contributed by atoms with van der Waals surface area (Å²) in [5.74, 6) is -0.580. The molecule has 0 amide bonds. The van der Waals surface area contributed by atoms with Gasteiger partial charge < -0.3 is 5.32 Å². The summed E-state index contributed by atoms with van der Waals surface area (Å²) in [5.41, 5.74) is -3.27. The van der Waals surface area contributed by atoms with Gasteiger partial charge in [0.15, 0.2) is 5.78 Å². The smallest absolute Gasteiger partial charge is 0.362 e. The summed E-state index contributed by atoms with van der Waals surface area (Å²) >= 11 is 11.5. The Labute approximate surface area is 159 Å². The number of anilines is 1. The lowest BCUT2D eigenvalue weighted by Gasteiger charge is -2.14. The first-order chi connectivity index (χ1) is 12.4. The summed E-state index contributed by atoms with van der Waals surface area (Å²) in [6.07, 6.45) is -8.05. The van der Waals surface area contributed by atoms with E-state index in [0.717, 1.165) is 12.3 Å². The molecule has 0 heterocycles. The van der Waals surface area contributed by atoms with Crippen molar-refractivity contribution in [3.8, 4) is 0 Å². The third-order valence-electron chi connectivity index (χ3n) is 3.28. The van der Waals surface area contributed by atoms with Crippen LogP contribution in [0.3, 0.4) is 0 Å². The molecule has 0 aliphatic heterocycles. The molecule has 0 aliphatic rings. The molecule has 2 rings (SSSR count). The fourth-order valence-corrected chi connectivity index (χ4v) is 2.30. The Kier molecular flexibility index (Phi) is 6.11. The Bertz CT molecular complexity index is 858. The van der Waals surface area contributed by atoms with Gasteiger partial charge in [-0.1, -0.05) is 23.2 Å². The van der Waals surface area contributed by atoms with Gasteiger partial charge >= 0.3 is 12.4 Å². The van der Waals surface area contributed by atoms with E-state index in [2.05, 4.69) is 5.32 Å². The fraction of sp³-hybridized carbons (Fsp3) is 0.118. The largest absolute Gasteiger partial charge is 0.416 e. The topological polar surface area (TPSA) is 29.1 Å². The highest BCUT2D eigenvalue weighted by molar-refractivity contribution is 6.42. The molecule has 0 bridgehead atoms. The average molecular weight is 428 g/mol. The molecule has 2 aromatic carbocycles. The number of carbonyl (C=O) groups is 1. The van der Waals surface area contributed by atoms with Crippen molar-refractivity contribution in [3.05, 3.63) is 75.4 Å². The van der Waals surface area contributed by atoms with Crippen LogP contribution in [0.2, 0.25) is 10.0 Å². The molecule has 10 heteroatoms. The highest BCUT2D eigenvalue weighted by Crippen LogP contribution is 2.37. The van der Waals surface area contributed by atoms with E-state index in [4.69, 9.17) is 23.2 Å². The van der Waals surface area contributed by atoms with E-state index in [1.54, 1.807) is 0 Å². The normalized spacial score (nSPS) is 12.4. The van der Waals surface area contributed by atoms with Crippen molar-refractivity contribution in [3.63, 3.8) is 0 Å². The lowest BCUT2D eigenvalue weighted by molar-refractivity contribution is -0.143. The molecule has 0 radical (unpaired) electrons. The maximum absolute atomic E-state index is 12.8. The molecule has 0 saturated carbocycles. The van der Waals surface area contributed by atoms with E-state index in [0.29, 0.717) is 12.1 Å². The van der Waals surface area contributed by atoms with Gasteiger partial charge in [-0.05, 0) is 36.4 Å². The van der Waals surface area contributed by atoms with Gasteiger partial charge in [0.1, 0.15) is 0 Å². The number of nitrogens with one attached hydrogen (secondary N) is 1. The van der Waals surface area contributed by atoms with Crippen LogP contribution in [0.5, 0.6) is 0 Å². The van der Waals surface area contributed by atoms with Crippen LogP contribution in [0, 0.1) is 0 Å². The number of rotatable bonds is 4. The van der Waals surface area contributed by atoms with Crippen LogP contribution in [-0.4, -0.2) is 5.78 Å². The summed E-state index contributed by atoms with van der Waals surface area (Å²) in [6, 6.07) is 5.04. The molecule has 2 nitrogen and oxygen atoms in total. The molecule has 0 saturated heterocycles. The Balaban J connectivity index is 2.24. The minimum Gasteiger partial charge on any atom is -0.362 e. The van der Waals surface area contributed by atoms with E-state index in [1.807, 2.05) is 0 Å². The minimum atomic E-state index is -4.96. The van der Waals surface area contributed by atoms with Crippen LogP contribution in [0.1, 0.15) is 21.5 Å². The van der Waals surface area contributed by atoms with Crippen molar-refractivity contribution in [1.29, 1.82) is 0 Å². The first kappa shape index (κ1) is 21.1. The third-order valence-corrected chi connectivity index (χ3v) is 4.02. The molecule has 1 N–H and O–H groups in total. The van der Waals surface area contributed by atoms with Crippen LogP contribution in [0.15, 0.2) is 48.7 Å². The number of benzene rings is 2. The third kappa shape index (κ3) is 5.64. The summed E-state index contributed by atoms with van der Waals surface area (Å²) in [7, 11) is 0. The average Bonchev–Trinajstić information content (AvgIpc) is 2.55. The SMILES string of the molecule is O=C(C=CNc1cc(C(F)(F)F)cc(C(F)(F)F)c1)c1ccc(Cl)c(Cl)c1. The van der Waals surface area contributed by atoms with Gasteiger partial charge in [-0.25, -0.2) is 0 Å². The number of alkyl halides is 6. The molecule has 0 fully saturated rings. The summed E-state index contributed by atoms with van der Waals surface area (Å²) in [5, 5.41) is 2.58. The predicted octanol–water partition coefficient (Wildman–Crippen LogP) is 6.84. The van der Waals surface area contributed by atoms with E-state index >= 15 is 0 Å². The quantitative estimate of drug-likeness (QED) is 0.328. The maximum atomic E-state index is 12.8. The number of allylic oxidation sites excluding steroid dienone is 1. The van der Waals surface area contributed by atoms with E-state index < -0.39 is 35.0 Å². The number of ketones is 1. The zero-order valence-electron chi connectivity index (χ0n) is 13.1. The zero-order valence-corrected chi connectivity index (χ0v) is 14.6. The molecule has 27 heavy (non-hydrogen) atoms. The molecule has 0 atom stereocenters. The summed E-state index contributed by atoms with van der Waals surface area (Å²) in [4.78, 5) is 12.0. The molecule has 144 valence electrons. The van der Waals surface area contributed by atoms with E-state index in [-0.39, 0.29) is 21.7 Å². The Morgan fingerprint density at radius 2 is 1.41 bits per heavy atom. The molecular formula is C17H9Cl2F6NO. The molecule has 0 unspecified atom stereocenters. The lowest BCUT2D eigenvalue weighted by atomic mass is 10.1. The van der Waals surface area contributed by atoms with Crippen molar-refractivity contribution < 1.29 is 31.1 Å². The number of carbonyl (C=O) groups excluding carboxylic acids is 1. The van der Waals surface area contributed by atoms with Gasteiger partial charge in [0.25, 0.3) is 0 Å². The van der Waals surface area contributed by atoms with Crippen LogP contribution >= 0.6 is 23.2 Å². The summed E-state index contributed by atoms with van der Waals surface area (Å²) < 4.78 is 76.7. The molecule has 0 aliphatic carbocycles. The van der Waals surface area contributed by atoms with Crippen molar-refractivity contribution in [2.24, 2.45) is 0 Å². The van der Waals surface area contributed by atoms with E-state index in [9.17, 15) is 31.1 Å². The second-order valence-corrected chi connectivity index (χ2v) is 6.08. The predicted molar refractivity (Wildman–Crippen MR) is 90.0 cm³/mol. The molecule has 2 aromatic rings. The summed E-state index contributed by atoms with van der Waals surface area (Å²) in [6.45, 7) is 0. The van der Waals surface area contributed by atoms with Gasteiger partial charge in [-0.15, -0.1) is 0 Å². The number of hydrogen-bond acceptors (Lipinski definition) is 2. The van der Waals surface area contributed by atoms with Gasteiger partial charge in [0, 0.05) is 23.5 Å². The Morgan fingerprint density at radius 1 is 0.852 bits per heavy atom. The van der Waals surface area contributed by atoms with Gasteiger partial charge in [-0.3, -0.25) is 4.79 Å². The number of hydrogen-bond donors (Lipinski definition) is 1. The second kappa shape index (κ2) is 7.82. The zero-order chi connectivity index (χ0) is 20.4. The van der Waals surface area contributed by atoms with Crippen molar-refractivity contribution in [2.75, 3.05) is 5.32 Å². The van der Waals surface area contributed by atoms with Crippen molar-refractivity contribution in [1.82, 2.24) is 0 Å². The fourth-order valence-electron chi connectivity index (χ4n) is 2.00. The van der Waals surface area contributed by atoms with Crippen molar-refractivity contribution >= 4 is 34.7 Å². The van der Waals surface area contributed by atoms with Crippen LogP contribution in [0.4, 0.5) is 32.0 Å². The highest BCUT2D eigenvalue weighted by Gasteiger charge is 2.36. The van der Waals surface area contributed by atoms with Gasteiger partial charge in [-0.2, -0.15) is 26.3 Å². The monoisotopic (exact) mass is 427 g/mol. The lowest BCUT2D eigenvalue weighted by Crippen LogP contribution is -2.11. The van der Waals surface area contributed by atoms with Gasteiger partial charge in [0.2, 0.25) is 0 Å². The Morgan fingerprint density at radius 3 is 1.89 bits per heavy atom. The number of halogens is 8. The van der Waals surface area contributed by atoms with Crippen LogP contribution < -0.4 is 5.32 Å². The van der Waals surface area contributed by atoms with E-state index in [1.165, 1.54) is 18.2 Å².